The lowest BCUT2D eigenvalue weighted by Gasteiger charge is -2.28. The molecule has 0 unspecified atom stereocenters. The van der Waals surface area contributed by atoms with Crippen molar-refractivity contribution in [2.45, 2.75) is 44.9 Å². The molecule has 0 amide bonds. The van der Waals surface area contributed by atoms with Crippen LogP contribution in [0.3, 0.4) is 0 Å². The Morgan fingerprint density at radius 1 is 1.00 bits per heavy atom. The molecule has 1 fully saturated rings. The highest BCUT2D eigenvalue weighted by molar-refractivity contribution is 5.99. The summed E-state index contributed by atoms with van der Waals surface area (Å²) in [5, 5.41) is 0.909. The SMILES string of the molecule is COC(=O)Cc1ccc2c(c1)C(C)(C)c1c-2[nH]c2c(F)c(-c3ccc(N4CCCCC4)cc3)ccc12. The number of H-pyrrole nitrogens is 1. The molecular formula is C31H31FN2O2. The van der Waals surface area contributed by atoms with Gasteiger partial charge in [-0.25, -0.2) is 4.39 Å². The van der Waals surface area contributed by atoms with Gasteiger partial charge in [-0.15, -0.1) is 0 Å². The highest BCUT2D eigenvalue weighted by atomic mass is 19.1. The Balaban J connectivity index is 1.39. The molecule has 2 aliphatic rings. The van der Waals surface area contributed by atoms with Crippen LogP contribution in [0.1, 0.15) is 49.8 Å². The maximum Gasteiger partial charge on any atom is 0.309 e. The van der Waals surface area contributed by atoms with E-state index in [2.05, 4.69) is 41.9 Å². The number of piperidine rings is 1. The number of rotatable bonds is 4. The van der Waals surface area contributed by atoms with Crippen LogP contribution in [-0.2, 0) is 21.4 Å². The van der Waals surface area contributed by atoms with E-state index < -0.39 is 0 Å². The molecule has 1 N–H and O–H groups in total. The first-order valence-corrected chi connectivity index (χ1v) is 12.8. The van der Waals surface area contributed by atoms with E-state index in [1.807, 2.05) is 36.4 Å². The van der Waals surface area contributed by atoms with Crippen LogP contribution in [-0.4, -0.2) is 31.2 Å². The van der Waals surface area contributed by atoms with E-state index in [4.69, 9.17) is 4.74 Å². The third-order valence-electron chi connectivity index (χ3n) is 8.04. The monoisotopic (exact) mass is 482 g/mol. The Hall–Kier alpha value is -3.60. The van der Waals surface area contributed by atoms with Gasteiger partial charge in [-0.1, -0.05) is 56.3 Å². The number of aromatic amines is 1. The van der Waals surface area contributed by atoms with E-state index in [1.54, 1.807) is 0 Å². The number of methoxy groups -OCH3 is 1. The first-order valence-electron chi connectivity index (χ1n) is 12.8. The Kier molecular flexibility index (Phi) is 5.40. The van der Waals surface area contributed by atoms with Gasteiger partial charge in [-0.3, -0.25) is 4.79 Å². The van der Waals surface area contributed by atoms with Gasteiger partial charge in [0.2, 0.25) is 0 Å². The van der Waals surface area contributed by atoms with E-state index >= 15 is 4.39 Å². The van der Waals surface area contributed by atoms with Gasteiger partial charge in [-0.05, 0) is 53.6 Å². The van der Waals surface area contributed by atoms with E-state index in [-0.39, 0.29) is 23.6 Å². The Morgan fingerprint density at radius 2 is 1.72 bits per heavy atom. The molecule has 184 valence electrons. The summed E-state index contributed by atoms with van der Waals surface area (Å²) in [4.78, 5) is 17.6. The molecule has 3 aromatic carbocycles. The number of anilines is 1. The summed E-state index contributed by atoms with van der Waals surface area (Å²) in [6.07, 6.45) is 4.01. The van der Waals surface area contributed by atoms with Crippen LogP contribution in [0.25, 0.3) is 33.3 Å². The quantitative estimate of drug-likeness (QED) is 0.319. The fraction of sp³-hybridized carbons (Fsp3) is 0.323. The normalized spacial score (nSPS) is 16.2. The summed E-state index contributed by atoms with van der Waals surface area (Å²) in [6, 6.07) is 18.3. The summed E-state index contributed by atoms with van der Waals surface area (Å²) in [6.45, 7) is 6.51. The lowest BCUT2D eigenvalue weighted by Crippen LogP contribution is -2.29. The van der Waals surface area contributed by atoms with Gasteiger partial charge in [0, 0.05) is 40.7 Å². The third-order valence-corrected chi connectivity index (χ3v) is 8.04. The van der Waals surface area contributed by atoms with Crippen molar-refractivity contribution in [3.8, 4) is 22.4 Å². The van der Waals surface area contributed by atoms with Gasteiger partial charge < -0.3 is 14.6 Å². The molecule has 1 aliphatic carbocycles. The minimum Gasteiger partial charge on any atom is -0.469 e. The second-order valence-electron chi connectivity index (χ2n) is 10.6. The van der Waals surface area contributed by atoms with Crippen LogP contribution >= 0.6 is 0 Å². The topological polar surface area (TPSA) is 45.3 Å². The molecule has 0 radical (unpaired) electrons. The fourth-order valence-electron chi connectivity index (χ4n) is 6.12. The van der Waals surface area contributed by atoms with Gasteiger partial charge in [0.05, 0.1) is 24.7 Å². The molecule has 0 atom stereocenters. The van der Waals surface area contributed by atoms with Crippen molar-refractivity contribution in [2.75, 3.05) is 25.1 Å². The Bertz CT molecular complexity index is 1480. The van der Waals surface area contributed by atoms with Crippen molar-refractivity contribution in [1.82, 2.24) is 4.98 Å². The first kappa shape index (κ1) is 22.8. The van der Waals surface area contributed by atoms with E-state index in [1.165, 1.54) is 32.1 Å². The number of nitrogens with one attached hydrogen (secondary N) is 1. The largest absolute Gasteiger partial charge is 0.469 e. The number of esters is 1. The lowest BCUT2D eigenvalue weighted by atomic mass is 9.80. The Morgan fingerprint density at radius 3 is 2.44 bits per heavy atom. The second-order valence-corrected chi connectivity index (χ2v) is 10.6. The summed E-state index contributed by atoms with van der Waals surface area (Å²) >= 11 is 0. The molecule has 0 bridgehead atoms. The average Bonchev–Trinajstić information content (AvgIpc) is 3.39. The molecule has 5 heteroatoms. The number of fused-ring (bicyclic) bond motifs is 5. The van der Waals surface area contributed by atoms with Gasteiger partial charge in [0.1, 0.15) is 0 Å². The van der Waals surface area contributed by atoms with Gasteiger partial charge in [0.15, 0.2) is 5.82 Å². The molecule has 0 spiro atoms. The zero-order valence-corrected chi connectivity index (χ0v) is 21.1. The number of aromatic nitrogens is 1. The summed E-state index contributed by atoms with van der Waals surface area (Å²) < 4.78 is 20.8. The molecule has 4 nitrogen and oxygen atoms in total. The average molecular weight is 483 g/mol. The minimum absolute atomic E-state index is 0.215. The molecule has 1 aliphatic heterocycles. The number of carbonyl (C=O) groups is 1. The van der Waals surface area contributed by atoms with Crippen LogP contribution in [0.2, 0.25) is 0 Å². The molecule has 1 saturated heterocycles. The number of hydrogen-bond donors (Lipinski definition) is 1. The van der Waals surface area contributed by atoms with E-state index in [9.17, 15) is 4.79 Å². The zero-order valence-electron chi connectivity index (χ0n) is 21.1. The number of benzene rings is 3. The first-order chi connectivity index (χ1) is 17.4. The number of nitrogens with zero attached hydrogens (tertiary/aromatic N) is 1. The van der Waals surface area contributed by atoms with Crippen molar-refractivity contribution in [3.63, 3.8) is 0 Å². The van der Waals surface area contributed by atoms with Crippen LogP contribution < -0.4 is 4.90 Å². The number of hydrogen-bond acceptors (Lipinski definition) is 3. The fourth-order valence-corrected chi connectivity index (χ4v) is 6.12. The van der Waals surface area contributed by atoms with E-state index in [0.29, 0.717) is 11.1 Å². The minimum atomic E-state index is -0.320. The van der Waals surface area contributed by atoms with Crippen molar-refractivity contribution in [1.29, 1.82) is 0 Å². The van der Waals surface area contributed by atoms with Gasteiger partial charge in [-0.2, -0.15) is 0 Å². The van der Waals surface area contributed by atoms with E-state index in [0.717, 1.165) is 52.0 Å². The van der Waals surface area contributed by atoms with Crippen molar-refractivity contribution >= 4 is 22.6 Å². The van der Waals surface area contributed by atoms with Crippen molar-refractivity contribution < 1.29 is 13.9 Å². The standard InChI is InChI=1S/C31H31FN2O2/c1-31(2)25-17-19(18-26(35)36-3)7-12-23(25)29-27(31)24-14-13-22(28(32)30(24)33-29)20-8-10-21(11-9-20)34-15-5-4-6-16-34/h7-14,17,33H,4-6,15-16,18H2,1-3H3. The highest BCUT2D eigenvalue weighted by Gasteiger charge is 2.39. The predicted octanol–water partition coefficient (Wildman–Crippen LogP) is 6.99. The summed E-state index contributed by atoms with van der Waals surface area (Å²) in [7, 11) is 1.41. The summed E-state index contributed by atoms with van der Waals surface area (Å²) in [5.41, 5.74) is 8.13. The second kappa shape index (κ2) is 8.51. The molecule has 2 heterocycles. The highest BCUT2D eigenvalue weighted by Crippen LogP contribution is 2.52. The maximum atomic E-state index is 15.9. The predicted molar refractivity (Wildman–Crippen MR) is 143 cm³/mol. The Labute approximate surface area is 211 Å². The lowest BCUT2D eigenvalue weighted by molar-refractivity contribution is -0.139. The molecule has 0 saturated carbocycles. The van der Waals surface area contributed by atoms with Crippen molar-refractivity contribution in [2.24, 2.45) is 0 Å². The third kappa shape index (κ3) is 3.52. The van der Waals surface area contributed by atoms with Gasteiger partial charge in [0.25, 0.3) is 0 Å². The van der Waals surface area contributed by atoms with Gasteiger partial charge >= 0.3 is 5.97 Å². The number of halogens is 1. The molecule has 4 aromatic rings. The molecule has 36 heavy (non-hydrogen) atoms. The maximum absolute atomic E-state index is 15.9. The van der Waals surface area contributed by atoms with Crippen LogP contribution in [0.15, 0.2) is 54.6 Å². The van der Waals surface area contributed by atoms with Crippen LogP contribution in [0.4, 0.5) is 10.1 Å². The number of ether oxygens (including phenoxy) is 1. The molecule has 6 rings (SSSR count). The molecule has 1 aromatic heterocycles. The molecular weight excluding hydrogens is 451 g/mol. The van der Waals surface area contributed by atoms with Crippen molar-refractivity contribution in [3.05, 3.63) is 77.1 Å². The van der Waals surface area contributed by atoms with Crippen LogP contribution in [0.5, 0.6) is 0 Å². The smallest absolute Gasteiger partial charge is 0.309 e. The number of carbonyl (C=O) groups excluding carboxylic acids is 1. The van der Waals surface area contributed by atoms with Crippen LogP contribution in [0, 0.1) is 5.82 Å². The summed E-state index contributed by atoms with van der Waals surface area (Å²) in [5.74, 6) is -0.472. The zero-order chi connectivity index (χ0) is 25.0.